The molecule has 1 fully saturated rings. The van der Waals surface area contributed by atoms with Gasteiger partial charge in [0.05, 0.1) is 12.2 Å². The van der Waals surface area contributed by atoms with Crippen LogP contribution in [-0.2, 0) is 18.9 Å². The monoisotopic (exact) mass is 228 g/mol. The van der Waals surface area contributed by atoms with Gasteiger partial charge in [0.1, 0.15) is 20.1 Å². The lowest BCUT2D eigenvalue weighted by molar-refractivity contribution is -0.123. The summed E-state index contributed by atoms with van der Waals surface area (Å²) in [5, 5.41) is 0. The molecule has 0 aromatic carbocycles. The van der Waals surface area contributed by atoms with Crippen LogP contribution in [0.5, 0.6) is 0 Å². The lowest BCUT2D eigenvalue weighted by Crippen LogP contribution is -2.42. The zero-order valence-electron chi connectivity index (χ0n) is 10.6. The maximum Gasteiger partial charge on any atom is 0.112 e. The topological polar surface area (TPSA) is 36.9 Å². The highest BCUT2D eigenvalue weighted by molar-refractivity contribution is 6.11. The highest BCUT2D eigenvalue weighted by atomic mass is 16.6. The Bertz CT molecular complexity index is 210. The van der Waals surface area contributed by atoms with Crippen molar-refractivity contribution in [3.05, 3.63) is 0 Å². The molecule has 1 aliphatic rings. The minimum atomic E-state index is -0.410. The fraction of sp³-hybridized carbons (Fsp3) is 1.00. The van der Waals surface area contributed by atoms with Crippen molar-refractivity contribution >= 4 is 7.85 Å². The summed E-state index contributed by atoms with van der Waals surface area (Å²) in [5.41, 5.74) is -0.289. The average molecular weight is 228 g/mol. The van der Waals surface area contributed by atoms with Crippen molar-refractivity contribution in [2.24, 2.45) is 0 Å². The van der Waals surface area contributed by atoms with E-state index in [9.17, 15) is 0 Å². The van der Waals surface area contributed by atoms with Gasteiger partial charge >= 0.3 is 0 Å². The maximum atomic E-state index is 5.96. The largest absolute Gasteiger partial charge is 0.385 e. The van der Waals surface area contributed by atoms with E-state index in [1.807, 2.05) is 13.8 Å². The van der Waals surface area contributed by atoms with Crippen LogP contribution in [0.3, 0.4) is 0 Å². The Kier molecular flexibility index (Phi) is 5.24. The molecule has 0 amide bonds. The summed E-state index contributed by atoms with van der Waals surface area (Å²) in [4.78, 5) is 0. The lowest BCUT2D eigenvalue weighted by Gasteiger charge is -2.32. The zero-order valence-corrected chi connectivity index (χ0v) is 10.6. The van der Waals surface area contributed by atoms with Gasteiger partial charge in [0.15, 0.2) is 0 Å². The Hall–Kier alpha value is -0.0951. The van der Waals surface area contributed by atoms with Crippen LogP contribution in [0.15, 0.2) is 0 Å². The van der Waals surface area contributed by atoms with E-state index < -0.39 is 6.00 Å². The number of hydrogen-bond acceptors (Lipinski definition) is 4. The SMILES string of the molecule is [B][C@@H]1OC[C@H](OC)C1OC(C)(C)CCOC. The van der Waals surface area contributed by atoms with Gasteiger partial charge < -0.3 is 18.9 Å². The second-order valence-corrected chi connectivity index (χ2v) is 4.66. The van der Waals surface area contributed by atoms with Crippen molar-refractivity contribution in [1.82, 2.24) is 0 Å². The van der Waals surface area contributed by atoms with Gasteiger partial charge in [-0.05, 0) is 20.3 Å². The lowest BCUT2D eigenvalue weighted by atomic mass is 9.92. The van der Waals surface area contributed by atoms with E-state index in [0.29, 0.717) is 13.2 Å². The average Bonchev–Trinajstić information content (AvgIpc) is 2.57. The molecule has 0 spiro atoms. The van der Waals surface area contributed by atoms with Crippen molar-refractivity contribution < 1.29 is 18.9 Å². The first kappa shape index (κ1) is 14.0. The molecule has 3 atom stereocenters. The van der Waals surface area contributed by atoms with Crippen molar-refractivity contribution in [3.63, 3.8) is 0 Å². The highest BCUT2D eigenvalue weighted by Crippen LogP contribution is 2.25. The van der Waals surface area contributed by atoms with Gasteiger partial charge in [0, 0.05) is 26.8 Å². The Morgan fingerprint density at radius 3 is 2.62 bits per heavy atom. The van der Waals surface area contributed by atoms with Crippen molar-refractivity contribution in [1.29, 1.82) is 0 Å². The molecular weight excluding hydrogens is 207 g/mol. The first-order chi connectivity index (χ1) is 7.50. The van der Waals surface area contributed by atoms with Crippen molar-refractivity contribution in [3.8, 4) is 0 Å². The van der Waals surface area contributed by atoms with E-state index in [1.165, 1.54) is 0 Å². The normalized spacial score (nSPS) is 30.9. The van der Waals surface area contributed by atoms with Crippen LogP contribution in [0, 0.1) is 0 Å². The second kappa shape index (κ2) is 6.01. The molecule has 0 saturated carbocycles. The molecule has 1 heterocycles. The summed E-state index contributed by atoms with van der Waals surface area (Å²) in [7, 11) is 9.14. The van der Waals surface area contributed by atoms with Crippen LogP contribution < -0.4 is 0 Å². The van der Waals surface area contributed by atoms with Crippen LogP contribution in [-0.4, -0.2) is 59.1 Å². The van der Waals surface area contributed by atoms with Crippen LogP contribution >= 0.6 is 0 Å². The summed E-state index contributed by atoms with van der Waals surface area (Å²) in [5.74, 6) is 0. The van der Waals surface area contributed by atoms with E-state index in [1.54, 1.807) is 14.2 Å². The summed E-state index contributed by atoms with van der Waals surface area (Å²) in [6, 6.07) is -0.410. The first-order valence-electron chi connectivity index (χ1n) is 5.57. The molecule has 0 aromatic heterocycles. The molecule has 0 aromatic rings. The zero-order chi connectivity index (χ0) is 12.2. The smallest absolute Gasteiger partial charge is 0.112 e. The second-order valence-electron chi connectivity index (χ2n) is 4.66. The quantitative estimate of drug-likeness (QED) is 0.628. The van der Waals surface area contributed by atoms with Gasteiger partial charge in [-0.15, -0.1) is 0 Å². The number of hydrogen-bond donors (Lipinski definition) is 0. The number of ether oxygens (including phenoxy) is 4. The van der Waals surface area contributed by atoms with E-state index in [0.717, 1.165) is 6.42 Å². The third kappa shape index (κ3) is 3.73. The Labute approximate surface area is 99.0 Å². The third-order valence-corrected chi connectivity index (χ3v) is 2.81. The maximum absolute atomic E-state index is 5.96. The van der Waals surface area contributed by atoms with Gasteiger partial charge in [-0.1, -0.05) is 0 Å². The summed E-state index contributed by atoms with van der Waals surface area (Å²) in [6.45, 7) is 5.18. The van der Waals surface area contributed by atoms with Gasteiger partial charge in [-0.25, -0.2) is 0 Å². The predicted octanol–water partition coefficient (Wildman–Crippen LogP) is 0.726. The Morgan fingerprint density at radius 1 is 1.38 bits per heavy atom. The molecule has 16 heavy (non-hydrogen) atoms. The number of rotatable bonds is 6. The standard InChI is InChI=1S/C11H21BO4/c1-11(2,5-6-13-3)16-9-8(14-4)7-15-10(9)12/h8-10H,5-7H2,1-4H3/t8-,9?,10+/m0/s1. The molecule has 0 N–H and O–H groups in total. The molecule has 1 aliphatic heterocycles. The summed E-state index contributed by atoms with van der Waals surface area (Å²) < 4.78 is 21.6. The number of methoxy groups -OCH3 is 2. The summed E-state index contributed by atoms with van der Waals surface area (Å²) >= 11 is 0. The molecule has 1 saturated heterocycles. The van der Waals surface area contributed by atoms with E-state index in [-0.39, 0.29) is 17.8 Å². The van der Waals surface area contributed by atoms with Crippen LogP contribution in [0.2, 0.25) is 0 Å². The predicted molar refractivity (Wildman–Crippen MR) is 61.7 cm³/mol. The third-order valence-electron chi connectivity index (χ3n) is 2.81. The van der Waals surface area contributed by atoms with Crippen LogP contribution in [0.1, 0.15) is 20.3 Å². The van der Waals surface area contributed by atoms with Crippen molar-refractivity contribution in [2.75, 3.05) is 27.4 Å². The minimum Gasteiger partial charge on any atom is -0.385 e. The molecule has 0 bridgehead atoms. The fourth-order valence-electron chi connectivity index (χ4n) is 1.73. The van der Waals surface area contributed by atoms with E-state index in [4.69, 9.17) is 26.8 Å². The Morgan fingerprint density at radius 2 is 2.06 bits per heavy atom. The minimum absolute atomic E-state index is 0.0863. The van der Waals surface area contributed by atoms with Crippen molar-refractivity contribution in [2.45, 2.75) is 44.1 Å². The van der Waals surface area contributed by atoms with Gasteiger partial charge in [0.25, 0.3) is 0 Å². The molecular formula is C11H21BO4. The molecule has 5 heteroatoms. The van der Waals surface area contributed by atoms with Gasteiger partial charge in [-0.3, -0.25) is 0 Å². The van der Waals surface area contributed by atoms with E-state index >= 15 is 0 Å². The molecule has 0 aliphatic carbocycles. The first-order valence-corrected chi connectivity index (χ1v) is 5.57. The highest BCUT2D eigenvalue weighted by Gasteiger charge is 2.38. The molecule has 92 valence electrons. The summed E-state index contributed by atoms with van der Waals surface area (Å²) in [6.07, 6.45) is 0.511. The van der Waals surface area contributed by atoms with Crippen LogP contribution in [0.4, 0.5) is 0 Å². The molecule has 2 radical (unpaired) electrons. The fourth-order valence-corrected chi connectivity index (χ4v) is 1.73. The van der Waals surface area contributed by atoms with Gasteiger partial charge in [-0.2, -0.15) is 0 Å². The molecule has 1 rings (SSSR count). The van der Waals surface area contributed by atoms with Gasteiger partial charge in [0.2, 0.25) is 0 Å². The molecule has 1 unspecified atom stereocenters. The molecule has 4 nitrogen and oxygen atoms in total. The Balaban J connectivity index is 2.50. The van der Waals surface area contributed by atoms with E-state index in [2.05, 4.69) is 0 Å². The van der Waals surface area contributed by atoms with Crippen LogP contribution in [0.25, 0.3) is 0 Å².